The van der Waals surface area contributed by atoms with Crippen LogP contribution in [0.1, 0.15) is 26.3 Å². The molecule has 0 amide bonds. The smallest absolute Gasteiger partial charge is 0.161 e. The van der Waals surface area contributed by atoms with E-state index in [-0.39, 0.29) is 5.70 Å². The summed E-state index contributed by atoms with van der Waals surface area (Å²) < 4.78 is 5.76. The van der Waals surface area contributed by atoms with Gasteiger partial charge in [0.2, 0.25) is 0 Å². The summed E-state index contributed by atoms with van der Waals surface area (Å²) in [5.41, 5.74) is 8.95. The Balaban J connectivity index is 2.47. The summed E-state index contributed by atoms with van der Waals surface area (Å²) in [6, 6.07) is 8.07. The Hall–Kier alpha value is -2.41. The third-order valence-electron chi connectivity index (χ3n) is 3.47. The van der Waals surface area contributed by atoms with E-state index >= 15 is 0 Å². The van der Waals surface area contributed by atoms with Gasteiger partial charge in [0, 0.05) is 30.4 Å². The molecule has 1 aromatic rings. The van der Waals surface area contributed by atoms with Crippen LogP contribution >= 0.6 is 0 Å². The lowest BCUT2D eigenvalue weighted by Gasteiger charge is -2.24. The van der Waals surface area contributed by atoms with Gasteiger partial charge in [-0.2, -0.15) is 5.26 Å². The van der Waals surface area contributed by atoms with Crippen LogP contribution in [0.25, 0.3) is 5.57 Å². The summed E-state index contributed by atoms with van der Waals surface area (Å²) in [5.74, 6) is 1.18. The van der Waals surface area contributed by atoms with Crippen molar-refractivity contribution in [3.05, 3.63) is 41.3 Å². The molecule has 1 aromatic carbocycles. The van der Waals surface area contributed by atoms with Gasteiger partial charge in [0.1, 0.15) is 11.8 Å². The van der Waals surface area contributed by atoms with Crippen LogP contribution in [0.2, 0.25) is 0 Å². The third kappa shape index (κ3) is 2.48. The van der Waals surface area contributed by atoms with E-state index in [2.05, 4.69) is 24.8 Å². The molecule has 0 aromatic heterocycles. The summed E-state index contributed by atoms with van der Waals surface area (Å²) >= 11 is 0. The number of fused-ring (bicyclic) bond motifs is 1. The number of nitrogens with two attached hydrogens (primary N) is 1. The van der Waals surface area contributed by atoms with Gasteiger partial charge in [-0.3, -0.25) is 0 Å². The van der Waals surface area contributed by atoms with E-state index in [0.29, 0.717) is 5.76 Å². The van der Waals surface area contributed by atoms with Crippen molar-refractivity contribution in [1.82, 2.24) is 0 Å². The summed E-state index contributed by atoms with van der Waals surface area (Å²) in [4.78, 5) is 2.24. The van der Waals surface area contributed by atoms with Crippen LogP contribution in [0, 0.1) is 11.3 Å². The number of ether oxygens (including phenoxy) is 1. The second-order valence-electron chi connectivity index (χ2n) is 4.67. The highest BCUT2D eigenvalue weighted by molar-refractivity contribution is 5.76. The maximum atomic E-state index is 8.89. The largest absolute Gasteiger partial charge is 0.454 e. The Labute approximate surface area is 119 Å². The highest BCUT2D eigenvalue weighted by Gasteiger charge is 2.17. The fraction of sp³-hybridized carbons (Fsp3) is 0.312. The molecule has 20 heavy (non-hydrogen) atoms. The van der Waals surface area contributed by atoms with Gasteiger partial charge < -0.3 is 15.4 Å². The first-order valence-electron chi connectivity index (χ1n) is 6.76. The lowest BCUT2D eigenvalue weighted by molar-refractivity contribution is 0.433. The molecule has 0 bridgehead atoms. The fourth-order valence-corrected chi connectivity index (χ4v) is 2.32. The predicted octanol–water partition coefficient (Wildman–Crippen LogP) is 3.02. The van der Waals surface area contributed by atoms with E-state index in [0.717, 1.165) is 35.7 Å². The first-order chi connectivity index (χ1) is 9.60. The molecular weight excluding hydrogens is 250 g/mol. The third-order valence-corrected chi connectivity index (χ3v) is 3.47. The van der Waals surface area contributed by atoms with E-state index in [9.17, 15) is 0 Å². The Kier molecular flexibility index (Phi) is 3.99. The van der Waals surface area contributed by atoms with E-state index in [1.54, 1.807) is 6.08 Å². The van der Waals surface area contributed by atoms with Crippen LogP contribution in [0.3, 0.4) is 0 Å². The molecule has 104 valence electrons. The van der Waals surface area contributed by atoms with E-state index in [1.165, 1.54) is 0 Å². The number of hydrogen-bond acceptors (Lipinski definition) is 4. The van der Waals surface area contributed by atoms with Crippen molar-refractivity contribution in [3.63, 3.8) is 0 Å². The lowest BCUT2D eigenvalue weighted by Crippen LogP contribution is -2.22. The highest BCUT2D eigenvalue weighted by Crippen LogP contribution is 2.36. The van der Waals surface area contributed by atoms with Crippen molar-refractivity contribution in [1.29, 1.82) is 5.26 Å². The van der Waals surface area contributed by atoms with Gasteiger partial charge in [-0.05, 0) is 44.6 Å². The molecule has 0 aliphatic carbocycles. The molecule has 1 aliphatic heterocycles. The van der Waals surface area contributed by atoms with E-state index < -0.39 is 0 Å². The minimum Gasteiger partial charge on any atom is -0.454 e. The topological polar surface area (TPSA) is 62.3 Å². The summed E-state index contributed by atoms with van der Waals surface area (Å²) in [6.45, 7) is 8.10. The second kappa shape index (κ2) is 5.70. The van der Waals surface area contributed by atoms with Crippen LogP contribution < -0.4 is 15.4 Å². The molecule has 2 N–H and O–H groups in total. The van der Waals surface area contributed by atoms with Crippen molar-refractivity contribution in [2.45, 2.75) is 20.8 Å². The van der Waals surface area contributed by atoms with E-state index in [4.69, 9.17) is 15.7 Å². The van der Waals surface area contributed by atoms with Crippen LogP contribution in [-0.4, -0.2) is 13.1 Å². The molecule has 2 rings (SSSR count). The number of nitriles is 1. The molecule has 4 heteroatoms. The fourth-order valence-electron chi connectivity index (χ4n) is 2.32. The first-order valence-corrected chi connectivity index (χ1v) is 6.76. The quantitative estimate of drug-likeness (QED) is 0.857. The maximum absolute atomic E-state index is 8.89. The molecular formula is C16H19N3O. The molecule has 0 fully saturated rings. The predicted molar refractivity (Wildman–Crippen MR) is 81.1 cm³/mol. The number of hydrogen-bond donors (Lipinski definition) is 1. The number of allylic oxidation sites excluding steroid dienone is 3. The molecule has 1 aliphatic rings. The highest BCUT2D eigenvalue weighted by atomic mass is 16.5. The normalized spacial score (nSPS) is 15.6. The van der Waals surface area contributed by atoms with Crippen LogP contribution in [0.4, 0.5) is 5.69 Å². The van der Waals surface area contributed by atoms with Crippen molar-refractivity contribution in [3.8, 4) is 11.8 Å². The SMILES string of the molecule is CCN(CC)c1ccc2c(c1)O/C(=C(/N)C#N)C=C2C. The number of nitrogens with zero attached hydrogens (tertiary/aromatic N) is 2. The van der Waals surface area contributed by atoms with Crippen molar-refractivity contribution in [2.75, 3.05) is 18.0 Å². The zero-order valence-electron chi connectivity index (χ0n) is 12.1. The van der Waals surface area contributed by atoms with Crippen LogP contribution in [-0.2, 0) is 0 Å². The van der Waals surface area contributed by atoms with E-state index in [1.807, 2.05) is 25.1 Å². The monoisotopic (exact) mass is 269 g/mol. The summed E-state index contributed by atoms with van der Waals surface area (Å²) in [5, 5.41) is 8.89. The number of benzene rings is 1. The Morgan fingerprint density at radius 3 is 2.65 bits per heavy atom. The second-order valence-corrected chi connectivity index (χ2v) is 4.67. The van der Waals surface area contributed by atoms with Crippen LogP contribution in [0.5, 0.6) is 5.75 Å². The zero-order valence-corrected chi connectivity index (χ0v) is 12.1. The Morgan fingerprint density at radius 2 is 2.05 bits per heavy atom. The molecule has 0 atom stereocenters. The summed E-state index contributed by atoms with van der Waals surface area (Å²) in [7, 11) is 0. The van der Waals surface area contributed by atoms with Gasteiger partial charge in [0.25, 0.3) is 0 Å². The van der Waals surface area contributed by atoms with Gasteiger partial charge >= 0.3 is 0 Å². The standard InChI is InChI=1S/C16H19N3O/c1-4-19(5-2)12-6-7-13-11(3)8-16(14(18)10-17)20-15(13)9-12/h6-9H,4-5,18H2,1-3H3/b16-14+. The Bertz CT molecular complexity index is 619. The van der Waals surface area contributed by atoms with Crippen molar-refractivity contribution in [2.24, 2.45) is 5.73 Å². The maximum Gasteiger partial charge on any atom is 0.161 e. The molecule has 0 unspecified atom stereocenters. The Morgan fingerprint density at radius 1 is 1.35 bits per heavy atom. The van der Waals surface area contributed by atoms with Gasteiger partial charge in [0.05, 0.1) is 0 Å². The van der Waals surface area contributed by atoms with Gasteiger partial charge in [0.15, 0.2) is 11.5 Å². The average Bonchev–Trinajstić information content (AvgIpc) is 2.47. The number of rotatable bonds is 3. The molecule has 0 saturated carbocycles. The molecule has 1 heterocycles. The molecule has 4 nitrogen and oxygen atoms in total. The first kappa shape index (κ1) is 14.0. The van der Waals surface area contributed by atoms with Gasteiger partial charge in [-0.15, -0.1) is 0 Å². The van der Waals surface area contributed by atoms with Crippen molar-refractivity contribution >= 4 is 11.3 Å². The molecule has 0 radical (unpaired) electrons. The number of anilines is 1. The molecule has 0 spiro atoms. The van der Waals surface area contributed by atoms with Crippen LogP contribution in [0.15, 0.2) is 35.7 Å². The lowest BCUT2D eigenvalue weighted by atomic mass is 10.0. The zero-order chi connectivity index (χ0) is 14.7. The van der Waals surface area contributed by atoms with Gasteiger partial charge in [-0.25, -0.2) is 0 Å². The minimum absolute atomic E-state index is 0.100. The van der Waals surface area contributed by atoms with Gasteiger partial charge in [-0.1, -0.05) is 0 Å². The molecule has 0 saturated heterocycles. The summed E-state index contributed by atoms with van der Waals surface area (Å²) in [6.07, 6.45) is 1.80. The average molecular weight is 269 g/mol. The minimum atomic E-state index is 0.100. The van der Waals surface area contributed by atoms with Crippen molar-refractivity contribution < 1.29 is 4.74 Å².